The molecule has 1 unspecified atom stereocenters. The molecule has 0 spiro atoms. The summed E-state index contributed by atoms with van der Waals surface area (Å²) in [4.78, 5) is 12.9. The van der Waals surface area contributed by atoms with Gasteiger partial charge >= 0.3 is 0 Å². The molecule has 70 valence electrons. The van der Waals surface area contributed by atoms with Gasteiger partial charge in [-0.3, -0.25) is 4.79 Å². The number of carbonyl (C=O) groups excluding carboxylic acids is 1. The summed E-state index contributed by atoms with van der Waals surface area (Å²) >= 11 is 5.44. The zero-order valence-corrected chi connectivity index (χ0v) is 8.01. The molecule has 1 aliphatic rings. The van der Waals surface area contributed by atoms with Gasteiger partial charge in [-0.2, -0.15) is 0 Å². The Morgan fingerprint density at radius 3 is 3.08 bits per heavy atom. The molecular formula is C8H14ClNO2. The Morgan fingerprint density at radius 2 is 2.50 bits per heavy atom. The van der Waals surface area contributed by atoms with E-state index in [1.165, 1.54) is 0 Å². The first kappa shape index (κ1) is 9.81. The second kappa shape index (κ2) is 4.67. The van der Waals surface area contributed by atoms with Gasteiger partial charge in [0.15, 0.2) is 0 Å². The first-order valence-electron chi connectivity index (χ1n) is 4.23. The summed E-state index contributed by atoms with van der Waals surface area (Å²) in [7, 11) is 0. The van der Waals surface area contributed by atoms with Gasteiger partial charge in [-0.25, -0.2) is 0 Å². The summed E-state index contributed by atoms with van der Waals surface area (Å²) in [6.07, 6.45) is 1.15. The van der Waals surface area contributed by atoms with Crippen LogP contribution in [0.5, 0.6) is 0 Å². The number of morpholine rings is 1. The van der Waals surface area contributed by atoms with E-state index in [-0.39, 0.29) is 17.9 Å². The SMILES string of the molecule is CCC1CN(C(=O)CCl)CCO1. The molecule has 0 aromatic carbocycles. The van der Waals surface area contributed by atoms with Crippen molar-refractivity contribution in [2.24, 2.45) is 0 Å². The average molecular weight is 192 g/mol. The fourth-order valence-electron chi connectivity index (χ4n) is 1.28. The summed E-state index contributed by atoms with van der Waals surface area (Å²) in [5.41, 5.74) is 0. The molecule has 1 aliphatic heterocycles. The highest BCUT2D eigenvalue weighted by molar-refractivity contribution is 6.27. The van der Waals surface area contributed by atoms with E-state index in [0.29, 0.717) is 19.7 Å². The highest BCUT2D eigenvalue weighted by Crippen LogP contribution is 2.08. The monoisotopic (exact) mass is 191 g/mol. The Labute approximate surface area is 77.6 Å². The van der Waals surface area contributed by atoms with E-state index in [0.717, 1.165) is 6.42 Å². The van der Waals surface area contributed by atoms with Crippen molar-refractivity contribution in [1.29, 1.82) is 0 Å². The van der Waals surface area contributed by atoms with Crippen LogP contribution in [0, 0.1) is 0 Å². The minimum Gasteiger partial charge on any atom is -0.375 e. The van der Waals surface area contributed by atoms with Crippen molar-refractivity contribution in [3.63, 3.8) is 0 Å². The molecule has 1 heterocycles. The van der Waals surface area contributed by atoms with Crippen molar-refractivity contribution in [3.05, 3.63) is 0 Å². The Kier molecular flexibility index (Phi) is 3.82. The zero-order valence-electron chi connectivity index (χ0n) is 7.25. The summed E-state index contributed by atoms with van der Waals surface area (Å²) in [5.74, 6) is 0.0922. The van der Waals surface area contributed by atoms with Gasteiger partial charge in [-0.05, 0) is 6.42 Å². The molecule has 0 radical (unpaired) electrons. The van der Waals surface area contributed by atoms with E-state index in [9.17, 15) is 4.79 Å². The third-order valence-corrected chi connectivity index (χ3v) is 2.29. The highest BCUT2D eigenvalue weighted by Gasteiger charge is 2.21. The normalized spacial score (nSPS) is 24.2. The molecule has 4 heteroatoms. The third-order valence-electron chi connectivity index (χ3n) is 2.06. The van der Waals surface area contributed by atoms with Crippen LogP contribution in [-0.4, -0.2) is 42.5 Å². The molecule has 0 bridgehead atoms. The molecule has 1 saturated heterocycles. The molecule has 1 fully saturated rings. The lowest BCUT2D eigenvalue weighted by Gasteiger charge is -2.32. The lowest BCUT2D eigenvalue weighted by Crippen LogP contribution is -2.45. The Hall–Kier alpha value is -0.280. The Morgan fingerprint density at radius 1 is 1.75 bits per heavy atom. The topological polar surface area (TPSA) is 29.5 Å². The molecule has 1 rings (SSSR count). The molecular weight excluding hydrogens is 178 g/mol. The molecule has 0 aliphatic carbocycles. The maximum atomic E-state index is 11.2. The standard InChI is InChI=1S/C8H14ClNO2/c1-2-7-6-10(3-4-12-7)8(11)5-9/h7H,2-6H2,1H3. The van der Waals surface area contributed by atoms with Gasteiger partial charge in [0, 0.05) is 13.1 Å². The van der Waals surface area contributed by atoms with Crippen LogP contribution in [0.25, 0.3) is 0 Å². The quantitative estimate of drug-likeness (QED) is 0.606. The number of hydrogen-bond acceptors (Lipinski definition) is 2. The fourth-order valence-corrected chi connectivity index (χ4v) is 1.45. The number of ether oxygens (including phenoxy) is 1. The molecule has 0 N–H and O–H groups in total. The summed E-state index contributed by atoms with van der Waals surface area (Å²) < 4.78 is 5.42. The van der Waals surface area contributed by atoms with Gasteiger partial charge in [-0.1, -0.05) is 6.92 Å². The van der Waals surface area contributed by atoms with Gasteiger partial charge in [0.25, 0.3) is 0 Å². The van der Waals surface area contributed by atoms with Crippen molar-refractivity contribution in [2.75, 3.05) is 25.6 Å². The number of rotatable bonds is 2. The van der Waals surface area contributed by atoms with E-state index in [1.807, 2.05) is 0 Å². The van der Waals surface area contributed by atoms with Crippen molar-refractivity contribution in [2.45, 2.75) is 19.4 Å². The molecule has 3 nitrogen and oxygen atoms in total. The molecule has 1 amide bonds. The van der Waals surface area contributed by atoms with E-state index in [1.54, 1.807) is 4.90 Å². The molecule has 0 aromatic rings. The predicted molar refractivity (Wildman–Crippen MR) is 47.3 cm³/mol. The van der Waals surface area contributed by atoms with Gasteiger partial charge in [0.05, 0.1) is 12.7 Å². The second-order valence-corrected chi connectivity index (χ2v) is 3.14. The first-order valence-corrected chi connectivity index (χ1v) is 4.76. The number of hydrogen-bond donors (Lipinski definition) is 0. The number of carbonyl (C=O) groups is 1. The van der Waals surface area contributed by atoms with Crippen LogP contribution >= 0.6 is 11.6 Å². The van der Waals surface area contributed by atoms with E-state index < -0.39 is 0 Å². The van der Waals surface area contributed by atoms with Gasteiger partial charge in [-0.15, -0.1) is 11.6 Å². The second-order valence-electron chi connectivity index (χ2n) is 2.87. The van der Waals surface area contributed by atoms with Crippen LogP contribution in [-0.2, 0) is 9.53 Å². The third kappa shape index (κ3) is 2.35. The van der Waals surface area contributed by atoms with Crippen molar-refractivity contribution in [3.8, 4) is 0 Å². The minimum atomic E-state index is 0.0124. The number of alkyl halides is 1. The minimum absolute atomic E-state index is 0.0124. The number of halogens is 1. The van der Waals surface area contributed by atoms with Crippen LogP contribution < -0.4 is 0 Å². The Bertz CT molecular complexity index is 163. The largest absolute Gasteiger partial charge is 0.375 e. The summed E-state index contributed by atoms with van der Waals surface area (Å²) in [6, 6.07) is 0. The fraction of sp³-hybridized carbons (Fsp3) is 0.875. The zero-order chi connectivity index (χ0) is 8.97. The first-order chi connectivity index (χ1) is 5.77. The van der Waals surface area contributed by atoms with Gasteiger partial charge in [0.1, 0.15) is 5.88 Å². The van der Waals surface area contributed by atoms with E-state index in [4.69, 9.17) is 16.3 Å². The summed E-state index contributed by atoms with van der Waals surface area (Å²) in [6.45, 7) is 4.07. The van der Waals surface area contributed by atoms with Crippen molar-refractivity contribution < 1.29 is 9.53 Å². The molecule has 1 atom stereocenters. The number of amides is 1. The van der Waals surface area contributed by atoms with Crippen LogP contribution in [0.15, 0.2) is 0 Å². The van der Waals surface area contributed by atoms with Gasteiger partial charge in [0.2, 0.25) is 5.91 Å². The van der Waals surface area contributed by atoms with E-state index in [2.05, 4.69) is 6.92 Å². The van der Waals surface area contributed by atoms with Crippen LogP contribution in [0.4, 0.5) is 0 Å². The van der Waals surface area contributed by atoms with Gasteiger partial charge < -0.3 is 9.64 Å². The smallest absolute Gasteiger partial charge is 0.237 e. The predicted octanol–water partition coefficient (Wildman–Crippen LogP) is 0.863. The van der Waals surface area contributed by atoms with Crippen LogP contribution in [0.1, 0.15) is 13.3 Å². The lowest BCUT2D eigenvalue weighted by molar-refractivity contribution is -0.136. The van der Waals surface area contributed by atoms with Crippen LogP contribution in [0.2, 0.25) is 0 Å². The average Bonchev–Trinajstić information content (AvgIpc) is 2.17. The van der Waals surface area contributed by atoms with E-state index >= 15 is 0 Å². The lowest BCUT2D eigenvalue weighted by atomic mass is 10.2. The number of nitrogens with zero attached hydrogens (tertiary/aromatic N) is 1. The van der Waals surface area contributed by atoms with Crippen molar-refractivity contribution >= 4 is 17.5 Å². The summed E-state index contributed by atoms with van der Waals surface area (Å²) in [5, 5.41) is 0. The molecule has 12 heavy (non-hydrogen) atoms. The van der Waals surface area contributed by atoms with Crippen LogP contribution in [0.3, 0.4) is 0 Å². The maximum absolute atomic E-state index is 11.2. The van der Waals surface area contributed by atoms with Crippen molar-refractivity contribution in [1.82, 2.24) is 4.90 Å². The maximum Gasteiger partial charge on any atom is 0.237 e. The highest BCUT2D eigenvalue weighted by atomic mass is 35.5. The molecule has 0 saturated carbocycles. The molecule has 0 aromatic heterocycles. The Balaban J connectivity index is 2.40.